The van der Waals surface area contributed by atoms with E-state index in [2.05, 4.69) is 10.2 Å². The summed E-state index contributed by atoms with van der Waals surface area (Å²) in [5.74, 6) is -0.201. The standard InChI is InChI=1S/C26H36ClN5O4/c1-18(2)23-26(35)30(3)13-5-6-14-32(25(34)21-11-12-28-29-21)15-7-8-16-36-22-10-9-19(27)17-20(22)24(33)31(23)4/h9-12,17-18,23H,5-8,13-16H2,1-4H3,(H,28,29)/t23-/m0/s1. The molecule has 36 heavy (non-hydrogen) atoms. The van der Waals surface area contributed by atoms with Gasteiger partial charge in [0, 0.05) is 44.9 Å². The quantitative estimate of drug-likeness (QED) is 0.654. The smallest absolute Gasteiger partial charge is 0.271 e. The molecule has 1 aromatic heterocycles. The van der Waals surface area contributed by atoms with Crippen molar-refractivity contribution in [2.75, 3.05) is 40.3 Å². The number of hydrogen-bond acceptors (Lipinski definition) is 5. The number of hydrogen-bond donors (Lipinski definition) is 1. The van der Waals surface area contributed by atoms with Crippen LogP contribution in [0.3, 0.4) is 0 Å². The molecule has 0 saturated heterocycles. The molecule has 1 atom stereocenters. The number of halogens is 1. The lowest BCUT2D eigenvalue weighted by Crippen LogP contribution is -2.51. The van der Waals surface area contributed by atoms with Crippen molar-refractivity contribution in [1.29, 1.82) is 0 Å². The van der Waals surface area contributed by atoms with Gasteiger partial charge in [0.25, 0.3) is 11.8 Å². The predicted molar refractivity (Wildman–Crippen MR) is 138 cm³/mol. The zero-order chi connectivity index (χ0) is 26.2. The van der Waals surface area contributed by atoms with Gasteiger partial charge in [0.1, 0.15) is 17.5 Å². The molecule has 0 fully saturated rings. The molecule has 9 nitrogen and oxygen atoms in total. The van der Waals surface area contributed by atoms with Crippen molar-refractivity contribution in [3.05, 3.63) is 46.7 Å². The lowest BCUT2D eigenvalue weighted by atomic mass is 10.00. The normalized spacial score (nSPS) is 19.2. The van der Waals surface area contributed by atoms with Crippen LogP contribution in [-0.2, 0) is 4.79 Å². The van der Waals surface area contributed by atoms with Crippen LogP contribution in [0.25, 0.3) is 0 Å². The molecule has 3 amide bonds. The van der Waals surface area contributed by atoms with Crippen molar-refractivity contribution in [3.63, 3.8) is 0 Å². The number of rotatable bonds is 2. The second-order valence-electron chi connectivity index (χ2n) is 9.53. The topological polar surface area (TPSA) is 98.8 Å². The molecule has 0 unspecified atom stereocenters. The van der Waals surface area contributed by atoms with E-state index in [-0.39, 0.29) is 23.6 Å². The Bertz CT molecular complexity index is 1040. The van der Waals surface area contributed by atoms with E-state index >= 15 is 0 Å². The van der Waals surface area contributed by atoms with E-state index < -0.39 is 6.04 Å². The zero-order valence-electron chi connectivity index (χ0n) is 21.5. The van der Waals surface area contributed by atoms with E-state index in [9.17, 15) is 14.4 Å². The molecule has 1 aliphatic rings. The summed E-state index contributed by atoms with van der Waals surface area (Å²) in [5.41, 5.74) is 0.781. The maximum absolute atomic E-state index is 13.5. The lowest BCUT2D eigenvalue weighted by Gasteiger charge is -2.33. The molecule has 0 radical (unpaired) electrons. The number of carbonyl (C=O) groups is 3. The molecule has 10 heteroatoms. The van der Waals surface area contributed by atoms with Crippen LogP contribution in [0.2, 0.25) is 5.02 Å². The van der Waals surface area contributed by atoms with Crippen LogP contribution in [0.5, 0.6) is 5.75 Å². The van der Waals surface area contributed by atoms with E-state index in [4.69, 9.17) is 16.3 Å². The molecular formula is C26H36ClN5O4. The molecule has 0 aliphatic carbocycles. The molecule has 0 saturated carbocycles. The van der Waals surface area contributed by atoms with Gasteiger partial charge in [0.15, 0.2) is 0 Å². The molecule has 1 N–H and O–H groups in total. The SMILES string of the molecule is CC(C)[C@H]1C(=O)N(C)CCCCN(C(=O)c2ccn[nH]2)CCCCOc2ccc(Cl)cc2C(=O)N1C. The van der Waals surface area contributed by atoms with Crippen LogP contribution in [-0.4, -0.2) is 89.0 Å². The molecule has 3 rings (SSSR count). The number of amides is 3. The zero-order valence-corrected chi connectivity index (χ0v) is 22.3. The fourth-order valence-electron chi connectivity index (χ4n) is 4.44. The van der Waals surface area contributed by atoms with E-state index in [1.807, 2.05) is 18.7 Å². The van der Waals surface area contributed by atoms with E-state index in [0.29, 0.717) is 54.7 Å². The highest BCUT2D eigenvalue weighted by Crippen LogP contribution is 2.26. The van der Waals surface area contributed by atoms with Gasteiger partial charge in [-0.1, -0.05) is 25.4 Å². The second kappa shape index (κ2) is 12.8. The third kappa shape index (κ3) is 6.78. The number of nitrogens with one attached hydrogen (secondary N) is 1. The Morgan fingerprint density at radius 1 is 1.08 bits per heavy atom. The Morgan fingerprint density at radius 2 is 1.78 bits per heavy atom. The fraction of sp³-hybridized carbons (Fsp3) is 0.538. The van der Waals surface area contributed by atoms with Crippen molar-refractivity contribution in [2.45, 2.75) is 45.6 Å². The fourth-order valence-corrected chi connectivity index (χ4v) is 4.62. The monoisotopic (exact) mass is 517 g/mol. The first kappa shape index (κ1) is 27.5. The number of H-pyrrole nitrogens is 1. The summed E-state index contributed by atoms with van der Waals surface area (Å²) in [4.78, 5) is 44.8. The third-order valence-electron chi connectivity index (χ3n) is 6.44. The van der Waals surface area contributed by atoms with Gasteiger partial charge in [-0.25, -0.2) is 0 Å². The number of fused-ring (bicyclic) bond motifs is 1. The number of nitrogens with zero attached hydrogens (tertiary/aromatic N) is 4. The average Bonchev–Trinajstić information content (AvgIpc) is 3.39. The van der Waals surface area contributed by atoms with Crippen molar-refractivity contribution in [3.8, 4) is 5.75 Å². The number of benzene rings is 1. The Hall–Kier alpha value is -3.07. The van der Waals surface area contributed by atoms with Gasteiger partial charge in [0.05, 0.1) is 12.2 Å². The highest BCUT2D eigenvalue weighted by atomic mass is 35.5. The van der Waals surface area contributed by atoms with Gasteiger partial charge in [0.2, 0.25) is 5.91 Å². The average molecular weight is 518 g/mol. The number of aromatic amines is 1. The Kier molecular flexibility index (Phi) is 9.75. The van der Waals surface area contributed by atoms with Crippen molar-refractivity contribution >= 4 is 29.3 Å². The van der Waals surface area contributed by atoms with Gasteiger partial charge < -0.3 is 19.4 Å². The van der Waals surface area contributed by atoms with E-state index in [1.165, 1.54) is 4.90 Å². The largest absolute Gasteiger partial charge is 0.493 e. The molecule has 0 spiro atoms. The lowest BCUT2D eigenvalue weighted by molar-refractivity contribution is -0.136. The van der Waals surface area contributed by atoms with Crippen molar-refractivity contribution in [2.24, 2.45) is 5.92 Å². The van der Waals surface area contributed by atoms with E-state index in [1.54, 1.807) is 49.5 Å². The molecule has 196 valence electrons. The summed E-state index contributed by atoms with van der Waals surface area (Å²) in [6.45, 7) is 5.91. The van der Waals surface area contributed by atoms with Crippen molar-refractivity contribution in [1.82, 2.24) is 24.9 Å². The molecule has 1 aromatic carbocycles. The number of carbonyl (C=O) groups excluding carboxylic acids is 3. The first-order valence-corrected chi connectivity index (χ1v) is 12.8. The minimum atomic E-state index is -0.636. The van der Waals surface area contributed by atoms with Crippen LogP contribution in [0.15, 0.2) is 30.5 Å². The minimum absolute atomic E-state index is 0.0946. The second-order valence-corrected chi connectivity index (χ2v) is 9.97. The van der Waals surface area contributed by atoms with E-state index in [0.717, 1.165) is 19.3 Å². The first-order valence-electron chi connectivity index (χ1n) is 12.4. The number of ether oxygens (including phenoxy) is 1. The van der Waals surface area contributed by atoms with Crippen LogP contribution in [0.1, 0.15) is 60.4 Å². The number of likely N-dealkylation sites (N-methyl/N-ethyl adjacent to an activating group) is 2. The summed E-state index contributed by atoms with van der Waals surface area (Å²) < 4.78 is 5.98. The van der Waals surface area contributed by atoms with Gasteiger partial charge in [-0.15, -0.1) is 0 Å². The van der Waals surface area contributed by atoms with Gasteiger partial charge in [-0.3, -0.25) is 19.5 Å². The van der Waals surface area contributed by atoms with Gasteiger partial charge in [-0.05, 0) is 55.9 Å². The molecule has 1 aliphatic heterocycles. The number of aromatic nitrogens is 2. The molecule has 2 heterocycles. The maximum atomic E-state index is 13.5. The Morgan fingerprint density at radius 3 is 2.44 bits per heavy atom. The van der Waals surface area contributed by atoms with Gasteiger partial charge >= 0.3 is 0 Å². The summed E-state index contributed by atoms with van der Waals surface area (Å²) in [7, 11) is 3.40. The van der Waals surface area contributed by atoms with Crippen LogP contribution >= 0.6 is 11.6 Å². The summed E-state index contributed by atoms with van der Waals surface area (Å²) in [6.07, 6.45) is 4.49. The molecule has 0 bridgehead atoms. The van der Waals surface area contributed by atoms with Crippen LogP contribution < -0.4 is 4.74 Å². The Balaban J connectivity index is 1.85. The van der Waals surface area contributed by atoms with Crippen LogP contribution in [0, 0.1) is 5.92 Å². The van der Waals surface area contributed by atoms with Crippen molar-refractivity contribution < 1.29 is 19.1 Å². The first-order chi connectivity index (χ1) is 17.2. The third-order valence-corrected chi connectivity index (χ3v) is 6.68. The van der Waals surface area contributed by atoms with Gasteiger partial charge in [-0.2, -0.15) is 5.10 Å². The Labute approximate surface area is 217 Å². The summed E-state index contributed by atoms with van der Waals surface area (Å²) >= 11 is 6.21. The highest BCUT2D eigenvalue weighted by molar-refractivity contribution is 6.31. The van der Waals surface area contributed by atoms with Crippen LogP contribution in [0.4, 0.5) is 0 Å². The highest BCUT2D eigenvalue weighted by Gasteiger charge is 2.33. The summed E-state index contributed by atoms with van der Waals surface area (Å²) in [6, 6.07) is 5.98. The predicted octanol–water partition coefficient (Wildman–Crippen LogP) is 3.71. The molecule has 2 aromatic rings. The summed E-state index contributed by atoms with van der Waals surface area (Å²) in [5, 5.41) is 7.06. The maximum Gasteiger partial charge on any atom is 0.271 e. The molecular weight excluding hydrogens is 482 g/mol. The minimum Gasteiger partial charge on any atom is -0.493 e.